The molecule has 64 valence electrons. The van der Waals surface area contributed by atoms with Gasteiger partial charge in [0.25, 0.3) is 0 Å². The van der Waals surface area contributed by atoms with Crippen molar-refractivity contribution < 1.29 is 14.4 Å². The smallest absolute Gasteiger partial charge is 0.423 e. The first-order valence-corrected chi connectivity index (χ1v) is 3.71. The molecule has 0 saturated heterocycles. The number of benzene rings is 1. The van der Waals surface area contributed by atoms with Crippen LogP contribution in [0.2, 0.25) is 0 Å². The molecule has 1 unspecified atom stereocenters. The van der Waals surface area contributed by atoms with Gasteiger partial charge in [0.15, 0.2) is 0 Å². The second kappa shape index (κ2) is 3.69. The molecule has 0 aromatic heterocycles. The van der Waals surface area contributed by atoms with E-state index in [9.17, 15) is 4.39 Å². The summed E-state index contributed by atoms with van der Waals surface area (Å²) in [5.74, 6) is 0. The second-order valence-corrected chi connectivity index (χ2v) is 2.66. The molecule has 0 aliphatic heterocycles. The van der Waals surface area contributed by atoms with Crippen LogP contribution in [-0.2, 0) is 0 Å². The topological polar surface area (TPSA) is 40.5 Å². The highest BCUT2D eigenvalue weighted by Gasteiger charge is 2.10. The van der Waals surface area contributed by atoms with Gasteiger partial charge in [-0.3, -0.25) is 0 Å². The summed E-state index contributed by atoms with van der Waals surface area (Å²) in [6, 6.07) is 6.07. The number of halogens is 1. The van der Waals surface area contributed by atoms with E-state index in [2.05, 4.69) is 0 Å². The standard InChI is InChI=1S/C8H10BFO2/c1-6(10)7-2-4-8(5-3-7)9(11)12/h2-6,11-12H,1H3. The highest BCUT2D eigenvalue weighted by Crippen LogP contribution is 2.13. The fourth-order valence-corrected chi connectivity index (χ4v) is 0.933. The van der Waals surface area contributed by atoms with Crippen molar-refractivity contribution in [2.45, 2.75) is 13.1 Å². The third kappa shape index (κ3) is 2.06. The van der Waals surface area contributed by atoms with E-state index in [-0.39, 0.29) is 0 Å². The Kier molecular flexibility index (Phi) is 2.84. The van der Waals surface area contributed by atoms with Gasteiger partial charge in [0, 0.05) is 0 Å². The van der Waals surface area contributed by atoms with Crippen molar-refractivity contribution in [1.29, 1.82) is 0 Å². The molecule has 2 N–H and O–H groups in total. The predicted molar refractivity (Wildman–Crippen MR) is 45.8 cm³/mol. The van der Waals surface area contributed by atoms with Gasteiger partial charge in [0.1, 0.15) is 6.17 Å². The van der Waals surface area contributed by atoms with Crippen LogP contribution in [0.4, 0.5) is 4.39 Å². The van der Waals surface area contributed by atoms with Gasteiger partial charge in [-0.2, -0.15) is 0 Å². The average molecular weight is 168 g/mol. The summed E-state index contributed by atoms with van der Waals surface area (Å²) in [5, 5.41) is 17.4. The summed E-state index contributed by atoms with van der Waals surface area (Å²) in [6.45, 7) is 1.43. The van der Waals surface area contributed by atoms with Crippen molar-refractivity contribution in [1.82, 2.24) is 0 Å². The Labute approximate surface area is 70.8 Å². The van der Waals surface area contributed by atoms with Crippen LogP contribution in [0, 0.1) is 0 Å². The van der Waals surface area contributed by atoms with Crippen molar-refractivity contribution in [2.24, 2.45) is 0 Å². The zero-order valence-corrected chi connectivity index (χ0v) is 6.74. The largest absolute Gasteiger partial charge is 0.488 e. The van der Waals surface area contributed by atoms with Crippen LogP contribution in [0.15, 0.2) is 24.3 Å². The van der Waals surface area contributed by atoms with Crippen molar-refractivity contribution in [3.63, 3.8) is 0 Å². The van der Waals surface area contributed by atoms with Crippen LogP contribution < -0.4 is 5.46 Å². The first-order valence-electron chi connectivity index (χ1n) is 3.71. The highest BCUT2D eigenvalue weighted by atomic mass is 19.1. The maximum atomic E-state index is 12.6. The van der Waals surface area contributed by atoms with Crippen LogP contribution in [0.5, 0.6) is 0 Å². The van der Waals surface area contributed by atoms with E-state index in [1.807, 2.05) is 0 Å². The lowest BCUT2D eigenvalue weighted by Gasteiger charge is -2.03. The Morgan fingerprint density at radius 3 is 2.08 bits per heavy atom. The predicted octanol–water partition coefficient (Wildman–Crippen LogP) is 0.397. The Hall–Kier alpha value is -0.865. The molecule has 0 aliphatic rings. The molecular formula is C8H10BFO2. The number of rotatable bonds is 2. The van der Waals surface area contributed by atoms with Crippen molar-refractivity contribution in [2.75, 3.05) is 0 Å². The fraction of sp³-hybridized carbons (Fsp3) is 0.250. The molecule has 0 bridgehead atoms. The normalized spacial score (nSPS) is 12.7. The second-order valence-electron chi connectivity index (χ2n) is 2.66. The minimum atomic E-state index is -1.48. The molecule has 0 aliphatic carbocycles. The summed E-state index contributed by atoms with van der Waals surface area (Å²) in [4.78, 5) is 0. The molecular weight excluding hydrogens is 158 g/mol. The fourth-order valence-electron chi connectivity index (χ4n) is 0.933. The summed E-state index contributed by atoms with van der Waals surface area (Å²) in [7, 11) is -1.48. The highest BCUT2D eigenvalue weighted by molar-refractivity contribution is 6.58. The van der Waals surface area contributed by atoms with E-state index in [1.54, 1.807) is 12.1 Å². The van der Waals surface area contributed by atoms with Gasteiger partial charge in [0.05, 0.1) is 0 Å². The molecule has 1 atom stereocenters. The van der Waals surface area contributed by atoms with Gasteiger partial charge in [-0.05, 0) is 17.9 Å². The van der Waals surface area contributed by atoms with Crippen LogP contribution in [0.3, 0.4) is 0 Å². The molecule has 0 fully saturated rings. The van der Waals surface area contributed by atoms with Crippen molar-refractivity contribution in [3.05, 3.63) is 29.8 Å². The van der Waals surface area contributed by atoms with Crippen LogP contribution >= 0.6 is 0 Å². The van der Waals surface area contributed by atoms with Crippen LogP contribution in [-0.4, -0.2) is 17.2 Å². The third-order valence-electron chi connectivity index (χ3n) is 1.69. The number of hydrogen-bond donors (Lipinski definition) is 2. The first kappa shape index (κ1) is 9.22. The van der Waals surface area contributed by atoms with Gasteiger partial charge in [-0.1, -0.05) is 24.3 Å². The number of hydrogen-bond acceptors (Lipinski definition) is 2. The Bertz CT molecular complexity index is 219. The first-order chi connectivity index (χ1) is 5.61. The SMILES string of the molecule is CC(F)c1ccc(B(O)O)cc1. The average Bonchev–Trinajstić information content (AvgIpc) is 2.04. The lowest BCUT2D eigenvalue weighted by Crippen LogP contribution is -2.29. The minimum Gasteiger partial charge on any atom is -0.423 e. The molecule has 1 rings (SSSR count). The van der Waals surface area contributed by atoms with Gasteiger partial charge in [0.2, 0.25) is 0 Å². The monoisotopic (exact) mass is 168 g/mol. The third-order valence-corrected chi connectivity index (χ3v) is 1.69. The summed E-state index contributed by atoms with van der Waals surface area (Å²) in [5.41, 5.74) is 0.916. The van der Waals surface area contributed by atoms with Gasteiger partial charge < -0.3 is 10.0 Å². The van der Waals surface area contributed by atoms with Crippen molar-refractivity contribution >= 4 is 12.6 Å². The van der Waals surface area contributed by atoms with Gasteiger partial charge in [-0.25, -0.2) is 4.39 Å². The Morgan fingerprint density at radius 2 is 1.75 bits per heavy atom. The van der Waals surface area contributed by atoms with Crippen LogP contribution in [0.1, 0.15) is 18.7 Å². The minimum absolute atomic E-state index is 0.374. The molecule has 0 saturated carbocycles. The summed E-state index contributed by atoms with van der Waals surface area (Å²) >= 11 is 0. The lowest BCUT2D eigenvalue weighted by atomic mass is 9.80. The molecule has 0 spiro atoms. The molecule has 0 radical (unpaired) electrons. The van der Waals surface area contributed by atoms with Crippen LogP contribution in [0.25, 0.3) is 0 Å². The number of alkyl halides is 1. The molecule has 0 amide bonds. The van der Waals surface area contributed by atoms with Gasteiger partial charge >= 0.3 is 7.12 Å². The Morgan fingerprint density at radius 1 is 1.25 bits per heavy atom. The molecule has 1 aromatic rings. The lowest BCUT2D eigenvalue weighted by molar-refractivity contribution is 0.374. The van der Waals surface area contributed by atoms with E-state index in [4.69, 9.17) is 10.0 Å². The summed E-state index contributed by atoms with van der Waals surface area (Å²) < 4.78 is 12.6. The molecule has 1 aromatic carbocycles. The molecule has 12 heavy (non-hydrogen) atoms. The zero-order chi connectivity index (χ0) is 9.14. The zero-order valence-electron chi connectivity index (χ0n) is 6.74. The maximum absolute atomic E-state index is 12.6. The molecule has 0 heterocycles. The molecule has 4 heteroatoms. The van der Waals surface area contributed by atoms with E-state index in [0.29, 0.717) is 11.0 Å². The van der Waals surface area contributed by atoms with Crippen molar-refractivity contribution in [3.8, 4) is 0 Å². The summed E-state index contributed by atoms with van der Waals surface area (Å²) in [6.07, 6.45) is -1.02. The Balaban J connectivity index is 2.86. The van der Waals surface area contributed by atoms with E-state index >= 15 is 0 Å². The van der Waals surface area contributed by atoms with E-state index in [1.165, 1.54) is 19.1 Å². The van der Waals surface area contributed by atoms with E-state index in [0.717, 1.165) is 0 Å². The maximum Gasteiger partial charge on any atom is 0.488 e. The van der Waals surface area contributed by atoms with Gasteiger partial charge in [-0.15, -0.1) is 0 Å². The van der Waals surface area contributed by atoms with E-state index < -0.39 is 13.3 Å². The molecule has 2 nitrogen and oxygen atoms in total. The quantitative estimate of drug-likeness (QED) is 0.627.